The lowest BCUT2D eigenvalue weighted by molar-refractivity contribution is -0.118. The van der Waals surface area contributed by atoms with Crippen LogP contribution in [-0.4, -0.2) is 30.6 Å². The SMILES string of the molecule is CCN(CC)c1cc(C)c2cc(NC(=O)COc3cccc(C)c3)ccc2n1. The zero-order valence-corrected chi connectivity index (χ0v) is 17.0. The van der Waals surface area contributed by atoms with E-state index in [1.165, 1.54) is 0 Å². The molecule has 0 aliphatic carbocycles. The average molecular weight is 377 g/mol. The molecule has 0 spiro atoms. The van der Waals surface area contributed by atoms with E-state index in [9.17, 15) is 4.79 Å². The number of benzene rings is 2. The fourth-order valence-corrected chi connectivity index (χ4v) is 3.21. The highest BCUT2D eigenvalue weighted by Crippen LogP contribution is 2.25. The maximum Gasteiger partial charge on any atom is 0.262 e. The Labute approximate surface area is 166 Å². The lowest BCUT2D eigenvalue weighted by Gasteiger charge is -2.21. The standard InChI is InChI=1S/C23H27N3O2/c1-5-26(6-2)22-13-17(4)20-14-18(10-11-21(20)25-22)24-23(27)15-28-19-9-7-8-16(3)12-19/h7-14H,5-6,15H2,1-4H3,(H,24,27). The van der Waals surface area contributed by atoms with Crippen LogP contribution in [0.15, 0.2) is 48.5 Å². The summed E-state index contributed by atoms with van der Waals surface area (Å²) in [5.74, 6) is 1.49. The number of ether oxygens (including phenoxy) is 1. The van der Waals surface area contributed by atoms with Crippen molar-refractivity contribution >= 4 is 28.3 Å². The Morgan fingerprint density at radius 2 is 1.86 bits per heavy atom. The number of hydrogen-bond acceptors (Lipinski definition) is 4. The molecule has 1 aromatic heterocycles. The van der Waals surface area contributed by atoms with Gasteiger partial charge in [-0.15, -0.1) is 0 Å². The fraction of sp³-hybridized carbons (Fsp3) is 0.304. The molecular formula is C23H27N3O2. The molecule has 28 heavy (non-hydrogen) atoms. The third kappa shape index (κ3) is 4.60. The number of aryl methyl sites for hydroxylation is 2. The van der Waals surface area contributed by atoms with Crippen LogP contribution in [0, 0.1) is 13.8 Å². The van der Waals surface area contributed by atoms with Crippen molar-refractivity contribution in [3.63, 3.8) is 0 Å². The lowest BCUT2D eigenvalue weighted by atomic mass is 10.1. The van der Waals surface area contributed by atoms with Gasteiger partial charge in [-0.3, -0.25) is 4.79 Å². The summed E-state index contributed by atoms with van der Waals surface area (Å²) >= 11 is 0. The average Bonchev–Trinajstić information content (AvgIpc) is 2.68. The molecule has 3 rings (SSSR count). The van der Waals surface area contributed by atoms with Gasteiger partial charge in [-0.1, -0.05) is 12.1 Å². The molecule has 0 fully saturated rings. The van der Waals surface area contributed by atoms with Crippen LogP contribution in [0.5, 0.6) is 5.75 Å². The number of rotatable bonds is 7. The second-order valence-corrected chi connectivity index (χ2v) is 6.85. The van der Waals surface area contributed by atoms with Gasteiger partial charge in [0.25, 0.3) is 5.91 Å². The molecular weight excluding hydrogens is 350 g/mol. The van der Waals surface area contributed by atoms with Crippen LogP contribution >= 0.6 is 0 Å². The third-order valence-electron chi connectivity index (χ3n) is 4.73. The number of pyridine rings is 1. The third-order valence-corrected chi connectivity index (χ3v) is 4.73. The Morgan fingerprint density at radius 3 is 2.57 bits per heavy atom. The Bertz CT molecular complexity index is 981. The van der Waals surface area contributed by atoms with Gasteiger partial charge in [-0.2, -0.15) is 0 Å². The first-order valence-electron chi connectivity index (χ1n) is 9.65. The van der Waals surface area contributed by atoms with Crippen LogP contribution in [0.4, 0.5) is 11.5 Å². The van der Waals surface area contributed by atoms with Crippen molar-refractivity contribution in [2.45, 2.75) is 27.7 Å². The topological polar surface area (TPSA) is 54.5 Å². The van der Waals surface area contributed by atoms with E-state index in [2.05, 4.69) is 37.1 Å². The summed E-state index contributed by atoms with van der Waals surface area (Å²) in [7, 11) is 0. The first-order chi connectivity index (χ1) is 13.5. The molecule has 5 nitrogen and oxygen atoms in total. The summed E-state index contributed by atoms with van der Waals surface area (Å²) in [6, 6.07) is 15.6. The first-order valence-corrected chi connectivity index (χ1v) is 9.65. The molecule has 0 saturated heterocycles. The van der Waals surface area contributed by atoms with Gasteiger partial charge in [0.2, 0.25) is 0 Å². The number of hydrogen-bond donors (Lipinski definition) is 1. The minimum absolute atomic E-state index is 0.0282. The highest BCUT2D eigenvalue weighted by molar-refractivity contribution is 5.95. The molecule has 0 aliphatic heterocycles. The van der Waals surface area contributed by atoms with Crippen LogP contribution in [0.3, 0.4) is 0 Å². The van der Waals surface area contributed by atoms with Gasteiger partial charge in [0.1, 0.15) is 11.6 Å². The van der Waals surface area contributed by atoms with Crippen molar-refractivity contribution in [1.82, 2.24) is 4.98 Å². The van der Waals surface area contributed by atoms with E-state index in [0.29, 0.717) is 5.75 Å². The maximum absolute atomic E-state index is 12.3. The number of carbonyl (C=O) groups is 1. The Morgan fingerprint density at radius 1 is 1.07 bits per heavy atom. The number of aromatic nitrogens is 1. The van der Waals surface area contributed by atoms with E-state index < -0.39 is 0 Å². The molecule has 3 aromatic rings. The van der Waals surface area contributed by atoms with Crippen LogP contribution in [0.25, 0.3) is 10.9 Å². The van der Waals surface area contributed by atoms with Gasteiger partial charge < -0.3 is 15.0 Å². The van der Waals surface area contributed by atoms with Crippen LogP contribution in [0.1, 0.15) is 25.0 Å². The Hall–Kier alpha value is -3.08. The second kappa shape index (κ2) is 8.74. The van der Waals surface area contributed by atoms with E-state index >= 15 is 0 Å². The van der Waals surface area contributed by atoms with Gasteiger partial charge in [0.05, 0.1) is 5.52 Å². The molecule has 1 amide bonds. The van der Waals surface area contributed by atoms with Crippen molar-refractivity contribution in [3.8, 4) is 5.75 Å². The van der Waals surface area contributed by atoms with Crippen molar-refractivity contribution in [2.24, 2.45) is 0 Å². The van der Waals surface area contributed by atoms with Crippen molar-refractivity contribution < 1.29 is 9.53 Å². The number of nitrogens with zero attached hydrogens (tertiary/aromatic N) is 2. The smallest absolute Gasteiger partial charge is 0.262 e. The molecule has 0 bridgehead atoms. The molecule has 0 saturated carbocycles. The molecule has 2 aromatic carbocycles. The summed E-state index contributed by atoms with van der Waals surface area (Å²) in [5.41, 5.74) is 3.90. The van der Waals surface area contributed by atoms with Crippen LogP contribution in [-0.2, 0) is 4.79 Å². The number of anilines is 2. The lowest BCUT2D eigenvalue weighted by Crippen LogP contribution is -2.23. The van der Waals surface area contributed by atoms with E-state index in [4.69, 9.17) is 9.72 Å². The van der Waals surface area contributed by atoms with Crippen molar-refractivity contribution in [3.05, 3.63) is 59.7 Å². The highest BCUT2D eigenvalue weighted by atomic mass is 16.5. The second-order valence-electron chi connectivity index (χ2n) is 6.85. The van der Waals surface area contributed by atoms with Crippen molar-refractivity contribution in [2.75, 3.05) is 29.9 Å². The summed E-state index contributed by atoms with van der Waals surface area (Å²) in [6.07, 6.45) is 0. The minimum atomic E-state index is -0.189. The Balaban J connectivity index is 1.72. The van der Waals surface area contributed by atoms with E-state index in [1.807, 2.05) is 49.4 Å². The first kappa shape index (κ1) is 19.7. The summed E-state index contributed by atoms with van der Waals surface area (Å²) in [4.78, 5) is 19.3. The van der Waals surface area contributed by atoms with Gasteiger partial charge >= 0.3 is 0 Å². The summed E-state index contributed by atoms with van der Waals surface area (Å²) < 4.78 is 5.57. The van der Waals surface area contributed by atoms with Gasteiger partial charge in [0.15, 0.2) is 6.61 Å². The summed E-state index contributed by atoms with van der Waals surface area (Å²) in [6.45, 7) is 10.1. The number of carbonyl (C=O) groups excluding carboxylic acids is 1. The minimum Gasteiger partial charge on any atom is -0.484 e. The quantitative estimate of drug-likeness (QED) is 0.647. The molecule has 146 valence electrons. The zero-order valence-electron chi connectivity index (χ0n) is 17.0. The zero-order chi connectivity index (χ0) is 20.1. The van der Waals surface area contributed by atoms with E-state index in [0.717, 1.165) is 46.6 Å². The van der Waals surface area contributed by atoms with Crippen molar-refractivity contribution in [1.29, 1.82) is 0 Å². The Kier molecular flexibility index (Phi) is 6.14. The molecule has 0 aliphatic rings. The predicted octanol–water partition coefficient (Wildman–Crippen LogP) is 4.72. The maximum atomic E-state index is 12.3. The number of nitrogens with one attached hydrogen (secondary N) is 1. The molecule has 0 atom stereocenters. The van der Waals surface area contributed by atoms with E-state index in [-0.39, 0.29) is 12.5 Å². The largest absolute Gasteiger partial charge is 0.484 e. The van der Waals surface area contributed by atoms with Gasteiger partial charge in [0, 0.05) is 24.2 Å². The fourth-order valence-electron chi connectivity index (χ4n) is 3.21. The molecule has 0 radical (unpaired) electrons. The molecule has 0 unspecified atom stereocenters. The number of amides is 1. The van der Waals surface area contributed by atoms with Gasteiger partial charge in [-0.05, 0) is 75.2 Å². The van der Waals surface area contributed by atoms with Gasteiger partial charge in [-0.25, -0.2) is 4.98 Å². The number of fused-ring (bicyclic) bond motifs is 1. The predicted molar refractivity (Wildman–Crippen MR) is 115 cm³/mol. The van der Waals surface area contributed by atoms with Crippen LogP contribution in [0.2, 0.25) is 0 Å². The molecule has 5 heteroatoms. The summed E-state index contributed by atoms with van der Waals surface area (Å²) in [5, 5.41) is 3.94. The molecule has 1 N–H and O–H groups in total. The highest BCUT2D eigenvalue weighted by Gasteiger charge is 2.10. The normalized spacial score (nSPS) is 10.7. The molecule has 1 heterocycles. The monoisotopic (exact) mass is 377 g/mol. The van der Waals surface area contributed by atoms with Crippen LogP contribution < -0.4 is 15.0 Å². The van der Waals surface area contributed by atoms with E-state index in [1.54, 1.807) is 0 Å².